The molecule has 0 spiro atoms. The van der Waals surface area contributed by atoms with E-state index < -0.39 is 0 Å². The van der Waals surface area contributed by atoms with Crippen LogP contribution in [-0.4, -0.2) is 28.3 Å². The molecule has 1 aromatic heterocycles. The van der Waals surface area contributed by atoms with Gasteiger partial charge in [0, 0.05) is 37.1 Å². The Morgan fingerprint density at radius 3 is 2.93 bits per heavy atom. The van der Waals surface area contributed by atoms with Crippen molar-refractivity contribution in [1.29, 1.82) is 0 Å². The lowest BCUT2D eigenvalue weighted by Gasteiger charge is -2.14. The van der Waals surface area contributed by atoms with E-state index in [9.17, 15) is 0 Å². The van der Waals surface area contributed by atoms with Crippen molar-refractivity contribution in [2.75, 3.05) is 18.6 Å². The lowest BCUT2D eigenvalue weighted by atomic mass is 10.1. The normalized spacial score (nSPS) is 13.1. The molecule has 0 bridgehead atoms. The molecule has 1 unspecified atom stereocenters. The van der Waals surface area contributed by atoms with Gasteiger partial charge in [-0.3, -0.25) is 4.68 Å². The van der Waals surface area contributed by atoms with E-state index in [0.717, 1.165) is 18.7 Å². The summed E-state index contributed by atoms with van der Waals surface area (Å²) in [6, 6.07) is 0.454. The monoisotopic (exact) mass is 213 g/mol. The van der Waals surface area contributed by atoms with Gasteiger partial charge < -0.3 is 5.32 Å². The summed E-state index contributed by atoms with van der Waals surface area (Å²) >= 11 is 1.87. The van der Waals surface area contributed by atoms with E-state index in [-0.39, 0.29) is 0 Å². The third kappa shape index (κ3) is 3.35. The first-order valence-corrected chi connectivity index (χ1v) is 6.38. The highest BCUT2D eigenvalue weighted by Crippen LogP contribution is 2.14. The van der Waals surface area contributed by atoms with E-state index in [1.807, 2.05) is 29.7 Å². The second kappa shape index (κ2) is 6.09. The van der Waals surface area contributed by atoms with Crippen molar-refractivity contribution in [2.24, 2.45) is 7.05 Å². The van der Waals surface area contributed by atoms with Gasteiger partial charge in [0.25, 0.3) is 0 Å². The van der Waals surface area contributed by atoms with Gasteiger partial charge in [-0.1, -0.05) is 6.92 Å². The van der Waals surface area contributed by atoms with Gasteiger partial charge in [-0.15, -0.1) is 0 Å². The summed E-state index contributed by atoms with van der Waals surface area (Å²) in [5, 5.41) is 7.71. The number of aryl methyl sites for hydroxylation is 1. The molecule has 1 N–H and O–H groups in total. The van der Waals surface area contributed by atoms with Crippen LogP contribution in [-0.2, 0) is 7.05 Å². The first kappa shape index (κ1) is 11.6. The summed E-state index contributed by atoms with van der Waals surface area (Å²) < 4.78 is 1.86. The molecule has 0 aliphatic carbocycles. The third-order valence-electron chi connectivity index (χ3n) is 2.23. The van der Waals surface area contributed by atoms with Crippen molar-refractivity contribution < 1.29 is 0 Å². The van der Waals surface area contributed by atoms with E-state index >= 15 is 0 Å². The molecule has 14 heavy (non-hydrogen) atoms. The minimum Gasteiger partial charge on any atom is -0.309 e. The fourth-order valence-electron chi connectivity index (χ4n) is 1.45. The molecule has 0 amide bonds. The van der Waals surface area contributed by atoms with Gasteiger partial charge in [-0.2, -0.15) is 16.9 Å². The number of hydrogen-bond donors (Lipinski definition) is 1. The van der Waals surface area contributed by atoms with Crippen LogP contribution >= 0.6 is 11.8 Å². The minimum absolute atomic E-state index is 0.454. The maximum absolute atomic E-state index is 4.19. The van der Waals surface area contributed by atoms with Crippen molar-refractivity contribution in [3.05, 3.63) is 18.0 Å². The van der Waals surface area contributed by atoms with Crippen molar-refractivity contribution in [3.8, 4) is 0 Å². The molecule has 0 saturated heterocycles. The first-order valence-electron chi connectivity index (χ1n) is 4.98. The molecule has 1 atom stereocenters. The summed E-state index contributed by atoms with van der Waals surface area (Å²) in [7, 11) is 1.96. The maximum atomic E-state index is 4.19. The maximum Gasteiger partial charge on any atom is 0.0537 e. The molecule has 0 fully saturated rings. The van der Waals surface area contributed by atoms with Crippen molar-refractivity contribution in [1.82, 2.24) is 15.1 Å². The molecular weight excluding hydrogens is 194 g/mol. The number of nitrogens with one attached hydrogen (secondary N) is 1. The van der Waals surface area contributed by atoms with Crippen LogP contribution in [0.3, 0.4) is 0 Å². The predicted octanol–water partition coefficient (Wildman–Crippen LogP) is 1.82. The van der Waals surface area contributed by atoms with E-state index in [2.05, 4.69) is 29.8 Å². The Kier molecular flexibility index (Phi) is 5.04. The standard InChI is InChI=1S/C10H19N3S/c1-4-10(11-5-6-14-3)9-7-12-13(2)8-9/h7-8,10-11H,4-6H2,1-3H3. The summed E-state index contributed by atoms with van der Waals surface area (Å²) in [4.78, 5) is 0. The Balaban J connectivity index is 2.45. The fraction of sp³-hybridized carbons (Fsp3) is 0.700. The van der Waals surface area contributed by atoms with Gasteiger partial charge in [0.1, 0.15) is 0 Å². The van der Waals surface area contributed by atoms with E-state index in [1.165, 1.54) is 5.56 Å². The Labute approximate surface area is 90.3 Å². The van der Waals surface area contributed by atoms with Crippen LogP contribution in [0.2, 0.25) is 0 Å². The fourth-order valence-corrected chi connectivity index (χ4v) is 1.78. The molecule has 3 nitrogen and oxygen atoms in total. The molecule has 0 saturated carbocycles. The van der Waals surface area contributed by atoms with Gasteiger partial charge in [0.2, 0.25) is 0 Å². The number of rotatable bonds is 6. The number of nitrogens with zero attached hydrogens (tertiary/aromatic N) is 2. The van der Waals surface area contributed by atoms with Crippen LogP contribution in [0.1, 0.15) is 24.9 Å². The second-order valence-corrected chi connectivity index (χ2v) is 4.34. The second-order valence-electron chi connectivity index (χ2n) is 3.36. The molecule has 4 heteroatoms. The molecule has 1 aromatic rings. The highest BCUT2D eigenvalue weighted by molar-refractivity contribution is 7.98. The molecule has 1 rings (SSSR count). The average Bonchev–Trinajstić information content (AvgIpc) is 2.60. The third-order valence-corrected chi connectivity index (χ3v) is 2.84. The molecule has 0 aromatic carbocycles. The Bertz CT molecular complexity index is 260. The van der Waals surface area contributed by atoms with Crippen LogP contribution in [0.15, 0.2) is 12.4 Å². The van der Waals surface area contributed by atoms with Crippen molar-refractivity contribution in [3.63, 3.8) is 0 Å². The largest absolute Gasteiger partial charge is 0.309 e. The molecule has 0 aliphatic rings. The van der Waals surface area contributed by atoms with Gasteiger partial charge in [0.05, 0.1) is 6.20 Å². The van der Waals surface area contributed by atoms with Gasteiger partial charge in [-0.05, 0) is 12.7 Å². The van der Waals surface area contributed by atoms with Gasteiger partial charge in [-0.25, -0.2) is 0 Å². The topological polar surface area (TPSA) is 29.9 Å². The minimum atomic E-state index is 0.454. The quantitative estimate of drug-likeness (QED) is 0.731. The molecule has 0 radical (unpaired) electrons. The summed E-state index contributed by atoms with van der Waals surface area (Å²) in [6.07, 6.45) is 7.27. The average molecular weight is 213 g/mol. The smallest absolute Gasteiger partial charge is 0.0537 e. The number of aromatic nitrogens is 2. The first-order chi connectivity index (χ1) is 6.77. The molecule has 0 aliphatic heterocycles. The SMILES string of the molecule is CCC(NCCSC)c1cnn(C)c1. The zero-order valence-corrected chi connectivity index (χ0v) is 9.97. The summed E-state index contributed by atoms with van der Waals surface area (Å²) in [5.41, 5.74) is 1.29. The van der Waals surface area contributed by atoms with Crippen LogP contribution < -0.4 is 5.32 Å². The van der Waals surface area contributed by atoms with Crippen LogP contribution in [0.4, 0.5) is 0 Å². The van der Waals surface area contributed by atoms with E-state index in [0.29, 0.717) is 6.04 Å². The lowest BCUT2D eigenvalue weighted by molar-refractivity contribution is 0.539. The lowest BCUT2D eigenvalue weighted by Crippen LogP contribution is -2.22. The molecule has 1 heterocycles. The zero-order valence-electron chi connectivity index (χ0n) is 9.16. The Morgan fingerprint density at radius 1 is 1.64 bits per heavy atom. The predicted molar refractivity (Wildman–Crippen MR) is 62.6 cm³/mol. The van der Waals surface area contributed by atoms with E-state index in [1.54, 1.807) is 0 Å². The van der Waals surface area contributed by atoms with Gasteiger partial charge in [0.15, 0.2) is 0 Å². The highest BCUT2D eigenvalue weighted by Gasteiger charge is 2.09. The van der Waals surface area contributed by atoms with Crippen molar-refractivity contribution in [2.45, 2.75) is 19.4 Å². The van der Waals surface area contributed by atoms with Crippen LogP contribution in [0.5, 0.6) is 0 Å². The van der Waals surface area contributed by atoms with E-state index in [4.69, 9.17) is 0 Å². The van der Waals surface area contributed by atoms with Crippen LogP contribution in [0, 0.1) is 0 Å². The van der Waals surface area contributed by atoms with Crippen LogP contribution in [0.25, 0.3) is 0 Å². The summed E-state index contributed by atoms with van der Waals surface area (Å²) in [5.74, 6) is 1.16. The zero-order chi connectivity index (χ0) is 10.4. The highest BCUT2D eigenvalue weighted by atomic mass is 32.2. The van der Waals surface area contributed by atoms with Gasteiger partial charge >= 0.3 is 0 Å². The summed E-state index contributed by atoms with van der Waals surface area (Å²) in [6.45, 7) is 3.26. The Hall–Kier alpha value is -0.480. The Morgan fingerprint density at radius 2 is 2.43 bits per heavy atom. The number of thioether (sulfide) groups is 1. The molecular formula is C10H19N3S. The molecule has 80 valence electrons. The van der Waals surface area contributed by atoms with Crippen molar-refractivity contribution >= 4 is 11.8 Å². The number of hydrogen-bond acceptors (Lipinski definition) is 3.